The third kappa shape index (κ3) is 3.67. The van der Waals surface area contributed by atoms with Crippen molar-refractivity contribution in [1.82, 2.24) is 9.55 Å². The fourth-order valence-corrected chi connectivity index (χ4v) is 8.19. The molecule has 0 atom stereocenters. The van der Waals surface area contributed by atoms with E-state index in [-0.39, 0.29) is 0 Å². The second-order valence-electron chi connectivity index (χ2n) is 11.6. The van der Waals surface area contributed by atoms with Crippen LogP contribution in [0.15, 0.2) is 150 Å². The second kappa shape index (κ2) is 9.39. The zero-order valence-corrected chi connectivity index (χ0v) is 24.9. The fourth-order valence-electron chi connectivity index (χ4n) is 6.95. The number of aromatic nitrogens is 2. The number of para-hydroxylation sites is 2. The van der Waals surface area contributed by atoms with E-state index in [1.165, 1.54) is 53.1 Å². The molecule has 0 radical (unpaired) electrons. The molecule has 210 valence electrons. The molecular formula is C41H24N2OS. The van der Waals surface area contributed by atoms with Crippen LogP contribution in [0.25, 0.3) is 92.0 Å². The van der Waals surface area contributed by atoms with E-state index < -0.39 is 0 Å². The van der Waals surface area contributed by atoms with Crippen LogP contribution in [0, 0.1) is 0 Å². The number of furan rings is 1. The predicted molar refractivity (Wildman–Crippen MR) is 190 cm³/mol. The molecule has 0 aliphatic heterocycles. The second-order valence-corrected chi connectivity index (χ2v) is 12.6. The van der Waals surface area contributed by atoms with Crippen molar-refractivity contribution in [2.75, 3.05) is 0 Å². The van der Waals surface area contributed by atoms with E-state index in [1.807, 2.05) is 41.8 Å². The maximum absolute atomic E-state index is 6.13. The summed E-state index contributed by atoms with van der Waals surface area (Å²) in [6.45, 7) is 0. The largest absolute Gasteiger partial charge is 0.456 e. The molecule has 0 saturated carbocycles. The number of fused-ring (bicyclic) bond motifs is 9. The predicted octanol–water partition coefficient (Wildman–Crippen LogP) is 11.8. The average Bonchev–Trinajstić information content (AvgIpc) is 3.77. The Morgan fingerprint density at radius 1 is 0.511 bits per heavy atom. The lowest BCUT2D eigenvalue weighted by atomic mass is 10.0. The van der Waals surface area contributed by atoms with Crippen LogP contribution < -0.4 is 0 Å². The van der Waals surface area contributed by atoms with Crippen LogP contribution in [0.1, 0.15) is 0 Å². The molecule has 0 aliphatic rings. The monoisotopic (exact) mass is 592 g/mol. The minimum Gasteiger partial charge on any atom is -0.456 e. The molecule has 0 N–H and O–H groups in total. The van der Waals surface area contributed by atoms with E-state index in [2.05, 4.69) is 120 Å². The molecule has 4 heteroatoms. The molecule has 0 saturated heterocycles. The van der Waals surface area contributed by atoms with Crippen molar-refractivity contribution >= 4 is 75.3 Å². The summed E-state index contributed by atoms with van der Waals surface area (Å²) < 4.78 is 11.2. The molecule has 6 aromatic carbocycles. The van der Waals surface area contributed by atoms with Gasteiger partial charge >= 0.3 is 0 Å². The van der Waals surface area contributed by atoms with Gasteiger partial charge in [0, 0.05) is 65.2 Å². The van der Waals surface area contributed by atoms with Crippen molar-refractivity contribution in [3.05, 3.63) is 146 Å². The average molecular weight is 593 g/mol. The van der Waals surface area contributed by atoms with Gasteiger partial charge in [0.25, 0.3) is 0 Å². The minimum atomic E-state index is 0.856. The van der Waals surface area contributed by atoms with Gasteiger partial charge in [-0.15, -0.1) is 11.3 Å². The third-order valence-electron chi connectivity index (χ3n) is 9.07. The van der Waals surface area contributed by atoms with Gasteiger partial charge in [-0.25, -0.2) is 0 Å². The van der Waals surface area contributed by atoms with Gasteiger partial charge in [0.2, 0.25) is 0 Å². The van der Waals surface area contributed by atoms with Crippen LogP contribution >= 0.6 is 11.3 Å². The molecule has 45 heavy (non-hydrogen) atoms. The van der Waals surface area contributed by atoms with Gasteiger partial charge in [0.1, 0.15) is 11.2 Å². The molecule has 10 aromatic rings. The summed E-state index contributed by atoms with van der Waals surface area (Å²) in [6.07, 6.45) is 1.92. The van der Waals surface area contributed by atoms with Gasteiger partial charge in [-0.05, 0) is 53.6 Å². The Kier molecular flexibility index (Phi) is 5.16. The summed E-state index contributed by atoms with van der Waals surface area (Å²) in [5.74, 6) is 0. The van der Waals surface area contributed by atoms with E-state index in [0.717, 1.165) is 38.9 Å². The van der Waals surface area contributed by atoms with Crippen LogP contribution in [-0.4, -0.2) is 9.55 Å². The van der Waals surface area contributed by atoms with Crippen molar-refractivity contribution in [3.63, 3.8) is 0 Å². The van der Waals surface area contributed by atoms with Gasteiger partial charge in [-0.1, -0.05) is 91.0 Å². The number of rotatable bonds is 3. The van der Waals surface area contributed by atoms with E-state index >= 15 is 0 Å². The molecule has 0 aliphatic carbocycles. The van der Waals surface area contributed by atoms with Gasteiger partial charge < -0.3 is 8.98 Å². The van der Waals surface area contributed by atoms with Crippen molar-refractivity contribution < 1.29 is 4.42 Å². The summed E-state index contributed by atoms with van der Waals surface area (Å²) in [5.41, 5.74) is 9.73. The Labute approximate surface area is 262 Å². The van der Waals surface area contributed by atoms with Crippen molar-refractivity contribution in [1.29, 1.82) is 0 Å². The molecule has 4 heterocycles. The third-order valence-corrected chi connectivity index (χ3v) is 10.3. The number of hydrogen-bond donors (Lipinski definition) is 0. The van der Waals surface area contributed by atoms with Crippen LogP contribution in [-0.2, 0) is 0 Å². The maximum Gasteiger partial charge on any atom is 0.139 e. The number of hydrogen-bond acceptors (Lipinski definition) is 3. The first-order valence-corrected chi connectivity index (χ1v) is 15.9. The highest BCUT2D eigenvalue weighted by atomic mass is 32.1. The summed E-state index contributed by atoms with van der Waals surface area (Å²) in [4.78, 5) is 4.80. The zero-order valence-electron chi connectivity index (χ0n) is 24.1. The lowest BCUT2D eigenvalue weighted by molar-refractivity contribution is 0.668. The number of thiophene rings is 1. The van der Waals surface area contributed by atoms with E-state index in [0.29, 0.717) is 0 Å². The molecule has 4 aromatic heterocycles. The zero-order chi connectivity index (χ0) is 29.5. The summed E-state index contributed by atoms with van der Waals surface area (Å²) >= 11 is 1.88. The van der Waals surface area contributed by atoms with Crippen LogP contribution in [0.4, 0.5) is 0 Å². The van der Waals surface area contributed by atoms with Gasteiger partial charge in [0.15, 0.2) is 0 Å². The topological polar surface area (TPSA) is 31.0 Å². The fraction of sp³-hybridized carbons (Fsp3) is 0. The summed E-state index contributed by atoms with van der Waals surface area (Å²) in [5, 5.41) is 7.29. The first kappa shape index (κ1) is 24.7. The highest BCUT2D eigenvalue weighted by molar-refractivity contribution is 7.26. The lowest BCUT2D eigenvalue weighted by Crippen LogP contribution is -1.94. The lowest BCUT2D eigenvalue weighted by Gasteiger charge is -2.10. The SMILES string of the molecule is c1ccc2c(c1)oc1cc(-c3ccc(-n4c5ccccc5c5cc(-c6cccc7c6sc6ccccc67)ccc54)cc3)ncc12. The number of benzene rings is 6. The Bertz CT molecular complexity index is 2760. The first-order chi connectivity index (χ1) is 22.3. The van der Waals surface area contributed by atoms with E-state index in [4.69, 9.17) is 9.40 Å². The van der Waals surface area contributed by atoms with Crippen molar-refractivity contribution in [3.8, 4) is 28.1 Å². The molecule has 0 spiro atoms. The highest BCUT2D eigenvalue weighted by Crippen LogP contribution is 2.42. The Morgan fingerprint density at radius 3 is 2.16 bits per heavy atom. The normalized spacial score (nSPS) is 12.0. The molecule has 0 amide bonds. The summed E-state index contributed by atoms with van der Waals surface area (Å²) in [6, 6.07) is 49.9. The van der Waals surface area contributed by atoms with Crippen molar-refractivity contribution in [2.24, 2.45) is 0 Å². The Hall–Kier alpha value is -5.71. The van der Waals surface area contributed by atoms with Crippen LogP contribution in [0.5, 0.6) is 0 Å². The van der Waals surface area contributed by atoms with Crippen molar-refractivity contribution in [2.45, 2.75) is 0 Å². The minimum absolute atomic E-state index is 0.856. The highest BCUT2D eigenvalue weighted by Gasteiger charge is 2.16. The molecule has 10 rings (SSSR count). The summed E-state index contributed by atoms with van der Waals surface area (Å²) in [7, 11) is 0. The molecule has 0 fully saturated rings. The Balaban J connectivity index is 1.10. The van der Waals surface area contributed by atoms with E-state index in [1.54, 1.807) is 0 Å². The maximum atomic E-state index is 6.13. The molecule has 3 nitrogen and oxygen atoms in total. The standard InChI is InChI=1S/C41H24N2OS/c1-4-13-36-29(8-1)33-22-26(28-11-7-12-32-31-10-3-6-15-40(31)45-41(28)32)18-21-37(33)43(36)27-19-16-25(17-20-27)35-23-39-34(24-42-35)30-9-2-5-14-38(30)44-39/h1-24H. The van der Waals surface area contributed by atoms with Gasteiger partial charge in [-0.3, -0.25) is 4.98 Å². The first-order valence-electron chi connectivity index (χ1n) is 15.1. The Morgan fingerprint density at radius 2 is 1.24 bits per heavy atom. The molecule has 0 unspecified atom stereocenters. The van der Waals surface area contributed by atoms with Gasteiger partial charge in [-0.2, -0.15) is 0 Å². The molecule has 0 bridgehead atoms. The van der Waals surface area contributed by atoms with Crippen LogP contribution in [0.3, 0.4) is 0 Å². The molecular weight excluding hydrogens is 569 g/mol. The number of pyridine rings is 1. The van der Waals surface area contributed by atoms with E-state index in [9.17, 15) is 0 Å². The quantitative estimate of drug-likeness (QED) is 0.204. The van der Waals surface area contributed by atoms with Gasteiger partial charge in [0.05, 0.1) is 16.7 Å². The smallest absolute Gasteiger partial charge is 0.139 e. The number of nitrogens with zero attached hydrogens (tertiary/aromatic N) is 2. The van der Waals surface area contributed by atoms with Crippen LogP contribution in [0.2, 0.25) is 0 Å².